The fourth-order valence-corrected chi connectivity index (χ4v) is 4.91. The molecule has 5 rings (SSSR count). The maximum absolute atomic E-state index is 5.93. The standard InChI is InChI=1S/C10H10ClN3OS.C6H2Cl2N2S.CH4/c11-10-12-8(14-2-4-15-5-3-14)7-1-6-16-9(7)13-10;7-4-3-1-2-11-5(3)10-6(8)9-4;/h1,6H,2-5H2;1-2H;1H4. The van der Waals surface area contributed by atoms with Crippen molar-refractivity contribution in [1.82, 2.24) is 19.9 Å². The Labute approximate surface area is 185 Å². The van der Waals surface area contributed by atoms with Gasteiger partial charge in [-0.25, -0.2) is 15.0 Å². The van der Waals surface area contributed by atoms with E-state index in [1.807, 2.05) is 22.9 Å². The normalized spacial score (nSPS) is 13.9. The highest BCUT2D eigenvalue weighted by molar-refractivity contribution is 7.17. The second-order valence-electron chi connectivity index (χ2n) is 5.48. The Morgan fingerprint density at radius 2 is 1.39 bits per heavy atom. The quantitative estimate of drug-likeness (QED) is 0.255. The second-order valence-corrected chi connectivity index (χ2v) is 8.30. The molecule has 0 amide bonds. The summed E-state index contributed by atoms with van der Waals surface area (Å²) in [4.78, 5) is 20.3. The minimum absolute atomic E-state index is 0. The third-order valence-corrected chi connectivity index (χ3v) is 6.08. The first-order valence-electron chi connectivity index (χ1n) is 7.91. The molecule has 0 aliphatic carbocycles. The zero-order valence-corrected chi connectivity index (χ0v) is 17.6. The van der Waals surface area contributed by atoms with Crippen molar-refractivity contribution < 1.29 is 4.74 Å². The molecule has 148 valence electrons. The van der Waals surface area contributed by atoms with Crippen LogP contribution in [-0.2, 0) is 4.74 Å². The molecule has 6 nitrogen and oxygen atoms in total. The molecule has 0 atom stereocenters. The Hall–Kier alpha value is -1.29. The summed E-state index contributed by atoms with van der Waals surface area (Å²) in [6.45, 7) is 3.21. The molecule has 0 radical (unpaired) electrons. The average Bonchev–Trinajstić information content (AvgIpc) is 3.31. The second kappa shape index (κ2) is 9.47. The third-order valence-electron chi connectivity index (χ3n) is 3.84. The molecule has 0 bridgehead atoms. The fraction of sp³-hybridized carbons (Fsp3) is 0.294. The molecule has 1 aliphatic heterocycles. The molecule has 0 spiro atoms. The van der Waals surface area contributed by atoms with Crippen LogP contribution in [0.3, 0.4) is 0 Å². The Morgan fingerprint density at radius 3 is 2.07 bits per heavy atom. The van der Waals surface area contributed by atoms with E-state index in [-0.39, 0.29) is 12.7 Å². The molecule has 1 fully saturated rings. The van der Waals surface area contributed by atoms with Crippen molar-refractivity contribution in [2.24, 2.45) is 0 Å². The number of anilines is 1. The summed E-state index contributed by atoms with van der Waals surface area (Å²) < 4.78 is 5.33. The van der Waals surface area contributed by atoms with E-state index in [1.54, 1.807) is 11.3 Å². The van der Waals surface area contributed by atoms with Gasteiger partial charge in [-0.3, -0.25) is 0 Å². The number of ether oxygens (including phenoxy) is 1. The Morgan fingerprint density at radius 1 is 0.821 bits per heavy atom. The maximum Gasteiger partial charge on any atom is 0.225 e. The lowest BCUT2D eigenvalue weighted by Gasteiger charge is -2.28. The van der Waals surface area contributed by atoms with Crippen LogP contribution in [0.25, 0.3) is 20.4 Å². The molecule has 0 aromatic carbocycles. The van der Waals surface area contributed by atoms with E-state index in [4.69, 9.17) is 39.5 Å². The van der Waals surface area contributed by atoms with E-state index in [1.165, 1.54) is 11.3 Å². The zero-order valence-electron chi connectivity index (χ0n) is 13.7. The minimum atomic E-state index is 0. The van der Waals surface area contributed by atoms with Crippen LogP contribution in [0.1, 0.15) is 7.43 Å². The first-order valence-corrected chi connectivity index (χ1v) is 10.8. The number of halogens is 3. The smallest absolute Gasteiger partial charge is 0.225 e. The molecule has 1 saturated heterocycles. The van der Waals surface area contributed by atoms with Crippen LogP contribution in [-0.4, -0.2) is 46.2 Å². The maximum atomic E-state index is 5.93. The van der Waals surface area contributed by atoms with E-state index in [0.29, 0.717) is 10.4 Å². The Balaban J connectivity index is 0.000000165. The predicted octanol–water partition coefficient (Wildman–Crippen LogP) is 5.82. The molecule has 5 heterocycles. The highest BCUT2D eigenvalue weighted by Crippen LogP contribution is 2.29. The van der Waals surface area contributed by atoms with Gasteiger partial charge in [0.05, 0.1) is 18.6 Å². The summed E-state index contributed by atoms with van der Waals surface area (Å²) >= 11 is 20.4. The van der Waals surface area contributed by atoms with Gasteiger partial charge in [0.25, 0.3) is 0 Å². The van der Waals surface area contributed by atoms with Crippen molar-refractivity contribution >= 4 is 83.7 Å². The van der Waals surface area contributed by atoms with Gasteiger partial charge in [-0.1, -0.05) is 19.0 Å². The number of hydrogen-bond acceptors (Lipinski definition) is 8. The number of thiophene rings is 2. The summed E-state index contributed by atoms with van der Waals surface area (Å²) in [5, 5.41) is 6.79. The fourth-order valence-electron chi connectivity index (χ4n) is 2.63. The van der Waals surface area contributed by atoms with E-state index < -0.39 is 0 Å². The number of nitrogens with zero attached hydrogens (tertiary/aromatic N) is 5. The van der Waals surface area contributed by atoms with Crippen LogP contribution in [0, 0.1) is 0 Å². The molecular weight excluding hydrogens is 461 g/mol. The SMILES string of the molecule is C.Clc1nc(Cl)c2ccsc2n1.Clc1nc(N2CCOCC2)c2ccsc2n1. The monoisotopic (exact) mass is 475 g/mol. The number of morpholine rings is 1. The minimum Gasteiger partial charge on any atom is -0.378 e. The van der Waals surface area contributed by atoms with Gasteiger partial charge < -0.3 is 9.64 Å². The van der Waals surface area contributed by atoms with Crippen LogP contribution in [0.4, 0.5) is 5.82 Å². The van der Waals surface area contributed by atoms with Crippen molar-refractivity contribution in [1.29, 1.82) is 0 Å². The van der Waals surface area contributed by atoms with Crippen LogP contribution in [0.15, 0.2) is 22.9 Å². The van der Waals surface area contributed by atoms with Gasteiger partial charge in [0.15, 0.2) is 0 Å². The lowest BCUT2D eigenvalue weighted by Crippen LogP contribution is -2.36. The number of aromatic nitrogens is 4. The van der Waals surface area contributed by atoms with Crippen LogP contribution >= 0.6 is 57.5 Å². The highest BCUT2D eigenvalue weighted by Gasteiger charge is 2.17. The molecule has 0 N–H and O–H groups in total. The van der Waals surface area contributed by atoms with Crippen molar-refractivity contribution in [3.8, 4) is 0 Å². The average molecular weight is 477 g/mol. The number of fused-ring (bicyclic) bond motifs is 2. The largest absolute Gasteiger partial charge is 0.378 e. The molecule has 0 saturated carbocycles. The summed E-state index contributed by atoms with van der Waals surface area (Å²) in [7, 11) is 0. The van der Waals surface area contributed by atoms with E-state index >= 15 is 0 Å². The first-order chi connectivity index (χ1) is 13.1. The topological polar surface area (TPSA) is 64.0 Å². The summed E-state index contributed by atoms with van der Waals surface area (Å²) in [6, 6.07) is 3.92. The van der Waals surface area contributed by atoms with Crippen molar-refractivity contribution in [3.63, 3.8) is 0 Å². The van der Waals surface area contributed by atoms with E-state index in [0.717, 1.165) is 52.6 Å². The molecule has 1 aliphatic rings. The summed E-state index contributed by atoms with van der Waals surface area (Å²) in [5.41, 5.74) is 0. The highest BCUT2D eigenvalue weighted by atomic mass is 35.5. The summed E-state index contributed by atoms with van der Waals surface area (Å²) in [6.07, 6.45) is 0. The van der Waals surface area contributed by atoms with Gasteiger partial charge in [-0.15, -0.1) is 22.7 Å². The van der Waals surface area contributed by atoms with Crippen molar-refractivity contribution in [2.75, 3.05) is 31.2 Å². The van der Waals surface area contributed by atoms with Gasteiger partial charge in [-0.05, 0) is 46.1 Å². The molecule has 11 heteroatoms. The summed E-state index contributed by atoms with van der Waals surface area (Å²) in [5.74, 6) is 0.930. The van der Waals surface area contributed by atoms with Crippen molar-refractivity contribution in [3.05, 3.63) is 38.6 Å². The predicted molar refractivity (Wildman–Crippen MR) is 120 cm³/mol. The van der Waals surface area contributed by atoms with Crippen LogP contribution < -0.4 is 4.90 Å². The van der Waals surface area contributed by atoms with Gasteiger partial charge in [0.1, 0.15) is 20.6 Å². The van der Waals surface area contributed by atoms with Gasteiger partial charge in [0, 0.05) is 18.5 Å². The Kier molecular flexibility index (Phi) is 7.25. The van der Waals surface area contributed by atoms with Gasteiger partial charge in [-0.2, -0.15) is 4.98 Å². The Bertz CT molecular complexity index is 1080. The molecular formula is C17H16Cl3N5OS2. The zero-order chi connectivity index (χ0) is 18.8. The lowest BCUT2D eigenvalue weighted by atomic mass is 10.3. The van der Waals surface area contributed by atoms with E-state index in [2.05, 4.69) is 24.8 Å². The lowest BCUT2D eigenvalue weighted by molar-refractivity contribution is 0.122. The van der Waals surface area contributed by atoms with Gasteiger partial charge >= 0.3 is 0 Å². The third kappa shape index (κ3) is 4.64. The van der Waals surface area contributed by atoms with Crippen LogP contribution in [0.5, 0.6) is 0 Å². The van der Waals surface area contributed by atoms with Crippen molar-refractivity contribution in [2.45, 2.75) is 7.43 Å². The van der Waals surface area contributed by atoms with Gasteiger partial charge in [0.2, 0.25) is 10.6 Å². The molecule has 28 heavy (non-hydrogen) atoms. The number of rotatable bonds is 1. The first kappa shape index (κ1) is 21.4. The van der Waals surface area contributed by atoms with Crippen LogP contribution in [0.2, 0.25) is 15.7 Å². The molecule has 4 aromatic rings. The van der Waals surface area contributed by atoms with E-state index in [9.17, 15) is 0 Å². The molecule has 4 aromatic heterocycles. The number of hydrogen-bond donors (Lipinski definition) is 0. The molecule has 0 unspecified atom stereocenters.